The van der Waals surface area contributed by atoms with E-state index >= 15 is 0 Å². The molecule has 2 aliphatic rings. The van der Waals surface area contributed by atoms with Gasteiger partial charge in [-0.2, -0.15) is 0 Å². The first-order valence-corrected chi connectivity index (χ1v) is 10.0. The van der Waals surface area contributed by atoms with Crippen molar-refractivity contribution >= 4 is 11.9 Å². The first-order valence-electron chi connectivity index (χ1n) is 10.0. The van der Waals surface area contributed by atoms with Crippen LogP contribution in [0.4, 0.5) is 0 Å². The molecule has 0 aromatic heterocycles. The number of rotatable bonds is 8. The summed E-state index contributed by atoms with van der Waals surface area (Å²) < 4.78 is 5.62. The molecule has 1 aromatic carbocycles. The number of hydrogen-bond acceptors (Lipinski definition) is 5. The first kappa shape index (κ1) is 21.5. The number of aliphatic carboxylic acids is 1. The maximum atomic E-state index is 12.6. The predicted octanol–water partition coefficient (Wildman–Crippen LogP) is 1.63. The number of carbonyl (C=O) groups excluding carboxylic acids is 1. The number of carboxylic acid groups (broad SMARTS) is 1. The van der Waals surface area contributed by atoms with Crippen LogP contribution in [0.25, 0.3) is 0 Å². The van der Waals surface area contributed by atoms with Gasteiger partial charge >= 0.3 is 5.97 Å². The molecule has 1 heterocycles. The van der Waals surface area contributed by atoms with Crippen LogP contribution in [0.15, 0.2) is 42.5 Å². The van der Waals surface area contributed by atoms with Crippen LogP contribution in [0.5, 0.6) is 0 Å². The number of hydrogen-bond donors (Lipinski definition) is 4. The molecule has 1 aliphatic heterocycles. The number of nitrogens with one attached hydrogen (secondary N) is 1. The fraction of sp³-hybridized carbons (Fsp3) is 0.545. The summed E-state index contributed by atoms with van der Waals surface area (Å²) in [5, 5.41) is 34.6. The summed E-state index contributed by atoms with van der Waals surface area (Å²) in [5.41, 5.74) is -3.16. The highest BCUT2D eigenvalue weighted by Gasteiger charge is 2.69. The third-order valence-electron chi connectivity index (χ3n) is 6.25. The second-order valence-corrected chi connectivity index (χ2v) is 8.10. The average Bonchev–Trinajstić information content (AvgIpc) is 2.92. The Labute approximate surface area is 170 Å². The molecule has 1 fully saturated rings. The van der Waals surface area contributed by atoms with Gasteiger partial charge in [-0.05, 0) is 38.2 Å². The highest BCUT2D eigenvalue weighted by molar-refractivity contribution is 5.95. The SMILES string of the molecule is C[C@]1(O)[C@@H](CCOCc2ccccc2)C(=O)N[C@]1(C(=O)O)[C@H](O)[C@@H]1C=CCCC1. The molecule has 0 unspecified atom stereocenters. The number of carboxylic acids is 1. The molecule has 5 atom stereocenters. The van der Waals surface area contributed by atoms with Crippen LogP contribution in [0.1, 0.15) is 38.2 Å². The van der Waals surface area contributed by atoms with Gasteiger partial charge in [-0.3, -0.25) is 4.79 Å². The van der Waals surface area contributed by atoms with E-state index in [1.165, 1.54) is 6.92 Å². The Balaban J connectivity index is 1.72. The minimum atomic E-state index is -2.17. The molecule has 158 valence electrons. The largest absolute Gasteiger partial charge is 0.479 e. The number of ether oxygens (including phenoxy) is 1. The molecule has 0 bridgehead atoms. The van der Waals surface area contributed by atoms with Crippen molar-refractivity contribution in [3.8, 4) is 0 Å². The van der Waals surface area contributed by atoms with Gasteiger partial charge < -0.3 is 25.4 Å². The summed E-state index contributed by atoms with van der Waals surface area (Å²) in [6, 6.07) is 9.54. The molecule has 0 spiro atoms. The highest BCUT2D eigenvalue weighted by atomic mass is 16.5. The van der Waals surface area contributed by atoms with Crippen molar-refractivity contribution in [3.05, 3.63) is 48.0 Å². The molecule has 7 heteroatoms. The second kappa shape index (κ2) is 8.65. The zero-order chi connectivity index (χ0) is 21.1. The van der Waals surface area contributed by atoms with Crippen molar-refractivity contribution in [3.63, 3.8) is 0 Å². The van der Waals surface area contributed by atoms with E-state index in [9.17, 15) is 24.9 Å². The van der Waals surface area contributed by atoms with Crippen LogP contribution in [-0.2, 0) is 20.9 Å². The standard InChI is InChI=1S/C22H29NO6/c1-21(28)17(12-13-29-14-15-8-4-2-5-9-15)19(25)23-22(21,20(26)27)18(24)16-10-6-3-7-11-16/h2,4-6,8-10,16-18,24,28H,3,7,11-14H2,1H3,(H,23,25)(H,26,27)/t16-,17+,18-,21+,22+/m1/s1. The molecular weight excluding hydrogens is 374 g/mol. The van der Waals surface area contributed by atoms with Crippen LogP contribution in [0, 0.1) is 11.8 Å². The number of amides is 1. The summed E-state index contributed by atoms with van der Waals surface area (Å²) in [4.78, 5) is 24.9. The van der Waals surface area contributed by atoms with Gasteiger partial charge in [0.2, 0.25) is 5.91 Å². The van der Waals surface area contributed by atoms with E-state index in [-0.39, 0.29) is 13.0 Å². The Kier molecular flexibility index (Phi) is 6.41. The molecule has 0 saturated carbocycles. The third-order valence-corrected chi connectivity index (χ3v) is 6.25. The molecule has 1 saturated heterocycles. The Morgan fingerprint density at radius 3 is 2.69 bits per heavy atom. The smallest absolute Gasteiger partial charge is 0.335 e. The van der Waals surface area contributed by atoms with Crippen molar-refractivity contribution in [2.45, 2.75) is 56.5 Å². The van der Waals surface area contributed by atoms with Crippen molar-refractivity contribution in [1.82, 2.24) is 5.32 Å². The number of aliphatic hydroxyl groups is 2. The lowest BCUT2D eigenvalue weighted by atomic mass is 9.68. The molecule has 7 nitrogen and oxygen atoms in total. The minimum absolute atomic E-state index is 0.147. The normalized spacial score (nSPS) is 32.7. The van der Waals surface area contributed by atoms with E-state index in [0.29, 0.717) is 13.0 Å². The topological polar surface area (TPSA) is 116 Å². The fourth-order valence-corrected chi connectivity index (χ4v) is 4.51. The molecule has 3 rings (SSSR count). The van der Waals surface area contributed by atoms with Gasteiger partial charge in [0, 0.05) is 12.5 Å². The second-order valence-electron chi connectivity index (χ2n) is 8.10. The van der Waals surface area contributed by atoms with E-state index in [2.05, 4.69) is 5.32 Å². The van der Waals surface area contributed by atoms with E-state index in [4.69, 9.17) is 4.74 Å². The van der Waals surface area contributed by atoms with Crippen molar-refractivity contribution in [1.29, 1.82) is 0 Å². The van der Waals surface area contributed by atoms with Gasteiger partial charge in [-0.1, -0.05) is 42.5 Å². The highest BCUT2D eigenvalue weighted by Crippen LogP contribution is 2.43. The van der Waals surface area contributed by atoms with Gasteiger partial charge in [0.15, 0.2) is 5.54 Å². The van der Waals surface area contributed by atoms with E-state index in [1.54, 1.807) is 6.08 Å². The summed E-state index contributed by atoms with van der Waals surface area (Å²) >= 11 is 0. The quantitative estimate of drug-likeness (QED) is 0.387. The van der Waals surface area contributed by atoms with Crippen LogP contribution < -0.4 is 5.32 Å². The molecule has 1 amide bonds. The lowest BCUT2D eigenvalue weighted by Gasteiger charge is -2.43. The van der Waals surface area contributed by atoms with Crippen molar-refractivity contribution < 1.29 is 29.6 Å². The van der Waals surface area contributed by atoms with Gasteiger partial charge in [-0.25, -0.2) is 4.79 Å². The third kappa shape index (κ3) is 3.95. The number of benzene rings is 1. The maximum absolute atomic E-state index is 12.6. The van der Waals surface area contributed by atoms with Crippen molar-refractivity contribution in [2.24, 2.45) is 11.8 Å². The van der Waals surface area contributed by atoms with Gasteiger partial charge in [0.25, 0.3) is 0 Å². The number of allylic oxidation sites excluding steroid dienone is 1. The zero-order valence-corrected chi connectivity index (χ0v) is 16.6. The maximum Gasteiger partial charge on any atom is 0.335 e. The minimum Gasteiger partial charge on any atom is -0.479 e. The molecule has 1 aliphatic carbocycles. The van der Waals surface area contributed by atoms with Crippen LogP contribution >= 0.6 is 0 Å². The van der Waals surface area contributed by atoms with Crippen LogP contribution in [0.2, 0.25) is 0 Å². The van der Waals surface area contributed by atoms with Gasteiger partial charge in [0.05, 0.1) is 18.6 Å². The molecule has 0 radical (unpaired) electrons. The molecule has 1 aromatic rings. The van der Waals surface area contributed by atoms with Crippen LogP contribution in [0.3, 0.4) is 0 Å². The lowest BCUT2D eigenvalue weighted by molar-refractivity contribution is -0.170. The van der Waals surface area contributed by atoms with Crippen molar-refractivity contribution in [2.75, 3.05) is 6.61 Å². The fourth-order valence-electron chi connectivity index (χ4n) is 4.51. The van der Waals surface area contributed by atoms with Gasteiger partial charge in [0.1, 0.15) is 5.60 Å². The Morgan fingerprint density at radius 2 is 2.07 bits per heavy atom. The summed E-state index contributed by atoms with van der Waals surface area (Å²) in [6.07, 6.45) is 4.67. The van der Waals surface area contributed by atoms with E-state index in [0.717, 1.165) is 18.4 Å². The summed E-state index contributed by atoms with van der Waals surface area (Å²) in [6.45, 7) is 1.85. The number of carbonyl (C=O) groups is 2. The van der Waals surface area contributed by atoms with Crippen LogP contribution in [-0.4, -0.2) is 51.0 Å². The molecular formula is C22H29NO6. The lowest BCUT2D eigenvalue weighted by Crippen LogP contribution is -2.70. The zero-order valence-electron chi connectivity index (χ0n) is 16.6. The first-order chi connectivity index (χ1) is 13.8. The molecule has 29 heavy (non-hydrogen) atoms. The number of aliphatic hydroxyl groups excluding tert-OH is 1. The van der Waals surface area contributed by atoms with E-state index < -0.39 is 41.0 Å². The van der Waals surface area contributed by atoms with E-state index in [1.807, 2.05) is 36.4 Å². The Bertz CT molecular complexity index is 762. The monoisotopic (exact) mass is 403 g/mol. The van der Waals surface area contributed by atoms with Gasteiger partial charge in [-0.15, -0.1) is 0 Å². The Hall–Kier alpha value is -2.22. The predicted molar refractivity (Wildman–Crippen MR) is 106 cm³/mol. The molecule has 4 N–H and O–H groups in total. The summed E-state index contributed by atoms with van der Waals surface area (Å²) in [5.74, 6) is -3.47. The Morgan fingerprint density at radius 1 is 1.34 bits per heavy atom. The average molecular weight is 403 g/mol. The summed E-state index contributed by atoms with van der Waals surface area (Å²) in [7, 11) is 0.